The lowest BCUT2D eigenvalue weighted by Crippen LogP contribution is -2.00. The van der Waals surface area contributed by atoms with Crippen molar-refractivity contribution in [3.8, 4) is 0 Å². The Balaban J connectivity index is 1.87. The van der Waals surface area contributed by atoms with E-state index in [-0.39, 0.29) is 0 Å². The molecule has 0 atom stereocenters. The number of benzene rings is 2. The largest absolute Gasteiger partial charge is 0.397 e. The third-order valence-electron chi connectivity index (χ3n) is 2.77. The SMILES string of the molecule is Nc1ccc(NCc2ccccc2)c2nonc12. The first-order valence-electron chi connectivity index (χ1n) is 5.63. The van der Waals surface area contributed by atoms with Crippen LogP contribution in [-0.2, 0) is 6.54 Å². The summed E-state index contributed by atoms with van der Waals surface area (Å²) in [4.78, 5) is 0. The smallest absolute Gasteiger partial charge is 0.160 e. The van der Waals surface area contributed by atoms with E-state index < -0.39 is 0 Å². The molecule has 0 unspecified atom stereocenters. The van der Waals surface area contributed by atoms with Crippen molar-refractivity contribution >= 4 is 22.4 Å². The number of hydrogen-bond donors (Lipinski definition) is 2. The third kappa shape index (κ3) is 1.86. The Morgan fingerprint density at radius 2 is 1.78 bits per heavy atom. The van der Waals surface area contributed by atoms with Crippen LogP contribution in [0.5, 0.6) is 0 Å². The third-order valence-corrected chi connectivity index (χ3v) is 2.77. The lowest BCUT2D eigenvalue weighted by atomic mass is 10.2. The molecule has 0 bridgehead atoms. The number of anilines is 2. The number of nitrogens with one attached hydrogen (secondary N) is 1. The van der Waals surface area contributed by atoms with Gasteiger partial charge in [-0.1, -0.05) is 30.3 Å². The quantitative estimate of drug-likeness (QED) is 0.687. The van der Waals surface area contributed by atoms with E-state index in [4.69, 9.17) is 10.4 Å². The Hall–Kier alpha value is -2.56. The van der Waals surface area contributed by atoms with E-state index in [9.17, 15) is 0 Å². The first kappa shape index (κ1) is 10.6. The van der Waals surface area contributed by atoms with Crippen molar-refractivity contribution in [3.05, 3.63) is 48.0 Å². The van der Waals surface area contributed by atoms with Gasteiger partial charge < -0.3 is 11.1 Å². The first-order valence-corrected chi connectivity index (χ1v) is 5.63. The molecule has 5 nitrogen and oxygen atoms in total. The van der Waals surface area contributed by atoms with Crippen LogP contribution in [0, 0.1) is 0 Å². The fourth-order valence-electron chi connectivity index (χ4n) is 1.82. The molecule has 1 aromatic heterocycles. The number of fused-ring (bicyclic) bond motifs is 1. The fourth-order valence-corrected chi connectivity index (χ4v) is 1.82. The van der Waals surface area contributed by atoms with E-state index in [2.05, 4.69) is 27.8 Å². The van der Waals surface area contributed by atoms with Gasteiger partial charge in [-0.05, 0) is 28.0 Å². The van der Waals surface area contributed by atoms with Gasteiger partial charge in [-0.25, -0.2) is 4.63 Å². The van der Waals surface area contributed by atoms with Crippen molar-refractivity contribution in [1.29, 1.82) is 0 Å². The summed E-state index contributed by atoms with van der Waals surface area (Å²) in [7, 11) is 0. The molecule has 2 aromatic carbocycles. The van der Waals surface area contributed by atoms with Crippen LogP contribution in [0.4, 0.5) is 11.4 Å². The van der Waals surface area contributed by atoms with Gasteiger partial charge in [0.25, 0.3) is 0 Å². The monoisotopic (exact) mass is 240 g/mol. The van der Waals surface area contributed by atoms with E-state index in [1.54, 1.807) is 6.07 Å². The van der Waals surface area contributed by atoms with Gasteiger partial charge in [-0.2, -0.15) is 0 Å². The maximum atomic E-state index is 5.79. The van der Waals surface area contributed by atoms with E-state index in [1.807, 2.05) is 24.3 Å². The van der Waals surface area contributed by atoms with Crippen molar-refractivity contribution in [2.75, 3.05) is 11.1 Å². The van der Waals surface area contributed by atoms with Crippen LogP contribution in [0.15, 0.2) is 47.1 Å². The van der Waals surface area contributed by atoms with Gasteiger partial charge >= 0.3 is 0 Å². The maximum absolute atomic E-state index is 5.79. The summed E-state index contributed by atoms with van der Waals surface area (Å²) in [5, 5.41) is 10.9. The van der Waals surface area contributed by atoms with Gasteiger partial charge in [0.05, 0.1) is 11.4 Å². The molecule has 3 N–H and O–H groups in total. The second-order valence-corrected chi connectivity index (χ2v) is 4.00. The summed E-state index contributed by atoms with van der Waals surface area (Å²) in [6.07, 6.45) is 0. The summed E-state index contributed by atoms with van der Waals surface area (Å²) in [5.74, 6) is 0. The number of aromatic nitrogens is 2. The van der Waals surface area contributed by atoms with Gasteiger partial charge in [0.1, 0.15) is 0 Å². The summed E-state index contributed by atoms with van der Waals surface area (Å²) in [6.45, 7) is 0.715. The van der Waals surface area contributed by atoms with Gasteiger partial charge in [0, 0.05) is 6.54 Å². The zero-order valence-electron chi connectivity index (χ0n) is 9.63. The van der Waals surface area contributed by atoms with Crippen molar-refractivity contribution < 1.29 is 4.63 Å². The van der Waals surface area contributed by atoms with Crippen molar-refractivity contribution in [1.82, 2.24) is 10.3 Å². The molecule has 0 saturated carbocycles. The Morgan fingerprint density at radius 1 is 1.00 bits per heavy atom. The highest BCUT2D eigenvalue weighted by Gasteiger charge is 2.09. The fraction of sp³-hybridized carbons (Fsp3) is 0.0769. The molecule has 0 radical (unpaired) electrons. The zero-order valence-corrected chi connectivity index (χ0v) is 9.63. The van der Waals surface area contributed by atoms with E-state index >= 15 is 0 Å². The predicted molar refractivity (Wildman–Crippen MR) is 70.0 cm³/mol. The molecule has 1 heterocycles. The lowest BCUT2D eigenvalue weighted by Gasteiger charge is -2.06. The Bertz CT molecular complexity index is 663. The van der Waals surface area contributed by atoms with Crippen LogP contribution in [-0.4, -0.2) is 10.3 Å². The zero-order chi connectivity index (χ0) is 12.4. The second kappa shape index (κ2) is 4.37. The summed E-state index contributed by atoms with van der Waals surface area (Å²) < 4.78 is 4.72. The molecule has 0 aliphatic carbocycles. The topological polar surface area (TPSA) is 77.0 Å². The van der Waals surface area contributed by atoms with Gasteiger partial charge in [-0.15, -0.1) is 0 Å². The highest BCUT2D eigenvalue weighted by Crippen LogP contribution is 2.25. The second-order valence-electron chi connectivity index (χ2n) is 4.00. The Morgan fingerprint density at radius 3 is 2.61 bits per heavy atom. The standard InChI is InChI=1S/C13H12N4O/c14-10-6-7-11(13-12(10)16-18-17-13)15-8-9-4-2-1-3-5-9/h1-7,15H,8,14H2. The van der Waals surface area contributed by atoms with Crippen LogP contribution in [0.25, 0.3) is 11.0 Å². The molecule has 0 aliphatic heterocycles. The average molecular weight is 240 g/mol. The number of rotatable bonds is 3. The molecule has 0 amide bonds. The first-order chi connectivity index (χ1) is 8.84. The van der Waals surface area contributed by atoms with Gasteiger partial charge in [0.2, 0.25) is 0 Å². The van der Waals surface area contributed by atoms with E-state index in [1.165, 1.54) is 5.56 Å². The molecule has 90 valence electrons. The molecular formula is C13H12N4O. The molecule has 3 rings (SSSR count). The summed E-state index contributed by atoms with van der Waals surface area (Å²) in [5.41, 5.74) is 9.66. The van der Waals surface area contributed by atoms with Crippen LogP contribution in [0.1, 0.15) is 5.56 Å². The Kier molecular flexibility index (Phi) is 2.57. The van der Waals surface area contributed by atoms with Gasteiger partial charge in [-0.3, -0.25) is 0 Å². The average Bonchev–Trinajstić information content (AvgIpc) is 2.90. The van der Waals surface area contributed by atoms with Crippen molar-refractivity contribution in [3.63, 3.8) is 0 Å². The van der Waals surface area contributed by atoms with E-state index in [0.717, 1.165) is 5.69 Å². The molecule has 5 heteroatoms. The highest BCUT2D eigenvalue weighted by molar-refractivity contribution is 5.94. The normalized spacial score (nSPS) is 10.7. The highest BCUT2D eigenvalue weighted by atomic mass is 16.6. The van der Waals surface area contributed by atoms with Crippen molar-refractivity contribution in [2.24, 2.45) is 0 Å². The Labute approximate surface area is 104 Å². The number of nitrogen functional groups attached to an aromatic ring is 1. The summed E-state index contributed by atoms with van der Waals surface area (Å²) in [6, 6.07) is 13.8. The van der Waals surface area contributed by atoms with E-state index in [0.29, 0.717) is 23.3 Å². The minimum Gasteiger partial charge on any atom is -0.397 e. The summed E-state index contributed by atoms with van der Waals surface area (Å²) >= 11 is 0. The maximum Gasteiger partial charge on any atom is 0.160 e. The molecule has 18 heavy (non-hydrogen) atoms. The van der Waals surface area contributed by atoms with Crippen LogP contribution < -0.4 is 11.1 Å². The number of hydrogen-bond acceptors (Lipinski definition) is 5. The predicted octanol–water partition coefficient (Wildman–Crippen LogP) is 2.42. The minimum absolute atomic E-state index is 0.566. The molecular weight excluding hydrogens is 228 g/mol. The van der Waals surface area contributed by atoms with Gasteiger partial charge in [0.15, 0.2) is 11.0 Å². The number of nitrogens with two attached hydrogens (primary N) is 1. The minimum atomic E-state index is 0.566. The van der Waals surface area contributed by atoms with Crippen LogP contribution in [0.2, 0.25) is 0 Å². The molecule has 0 fully saturated rings. The molecule has 0 aliphatic rings. The van der Waals surface area contributed by atoms with Crippen LogP contribution >= 0.6 is 0 Å². The van der Waals surface area contributed by atoms with Crippen LogP contribution in [0.3, 0.4) is 0 Å². The molecule has 0 saturated heterocycles. The molecule has 0 spiro atoms. The molecule has 3 aromatic rings. The lowest BCUT2D eigenvalue weighted by molar-refractivity contribution is 0.316. The number of nitrogens with zero attached hydrogens (tertiary/aromatic N) is 2. The van der Waals surface area contributed by atoms with Crippen molar-refractivity contribution in [2.45, 2.75) is 6.54 Å².